The van der Waals surface area contributed by atoms with Crippen molar-refractivity contribution in [2.24, 2.45) is 0 Å². The number of fused-ring (bicyclic) bond motifs is 3. The maximum atomic E-state index is 14.6. The van der Waals surface area contributed by atoms with Gasteiger partial charge in [0.15, 0.2) is 0 Å². The third kappa shape index (κ3) is 3.68. The normalized spacial score (nSPS) is 14.6. The molecule has 0 radical (unpaired) electrons. The first kappa shape index (κ1) is 19.4. The molecule has 0 saturated carbocycles. The number of hydrogen-bond acceptors (Lipinski definition) is 4. The van der Waals surface area contributed by atoms with Gasteiger partial charge < -0.3 is 10.4 Å². The Morgan fingerprint density at radius 1 is 0.935 bits per heavy atom. The molecule has 2 N–H and O–H groups in total. The molecule has 1 atom stereocenters. The van der Waals surface area contributed by atoms with Gasteiger partial charge in [-0.1, -0.05) is 60.7 Å². The van der Waals surface area contributed by atoms with Crippen LogP contribution >= 0.6 is 0 Å². The first-order chi connectivity index (χ1) is 15.2. The maximum absolute atomic E-state index is 14.6. The van der Waals surface area contributed by atoms with Crippen LogP contribution in [-0.2, 0) is 12.8 Å². The second-order valence-corrected chi connectivity index (χ2v) is 7.69. The van der Waals surface area contributed by atoms with Crippen LogP contribution in [0.1, 0.15) is 28.2 Å². The minimum atomic E-state index is -0.189. The van der Waals surface area contributed by atoms with Crippen LogP contribution in [0.15, 0.2) is 79.0 Å². The summed E-state index contributed by atoms with van der Waals surface area (Å²) in [4.78, 5) is 9.36. The van der Waals surface area contributed by atoms with Crippen molar-refractivity contribution >= 4 is 11.6 Å². The highest BCUT2D eigenvalue weighted by atomic mass is 19.1. The molecule has 154 valence electrons. The molecule has 4 aromatic rings. The summed E-state index contributed by atoms with van der Waals surface area (Å²) in [6, 6.07) is 22.9. The minimum Gasteiger partial charge on any atom is -0.396 e. The summed E-state index contributed by atoms with van der Waals surface area (Å²) >= 11 is 0. The highest BCUT2D eigenvalue weighted by Gasteiger charge is 2.28. The molecule has 0 aliphatic heterocycles. The fourth-order valence-electron chi connectivity index (χ4n) is 4.33. The van der Waals surface area contributed by atoms with Crippen molar-refractivity contribution in [2.45, 2.75) is 18.8 Å². The van der Waals surface area contributed by atoms with E-state index in [9.17, 15) is 9.50 Å². The number of rotatable bonds is 5. The average molecular weight is 411 g/mol. The summed E-state index contributed by atoms with van der Waals surface area (Å²) in [7, 11) is 0. The molecule has 3 aromatic carbocycles. The van der Waals surface area contributed by atoms with Crippen LogP contribution in [-0.4, -0.2) is 21.7 Å². The largest absolute Gasteiger partial charge is 0.396 e. The zero-order valence-electron chi connectivity index (χ0n) is 16.9. The maximum Gasteiger partial charge on any atom is 0.227 e. The van der Waals surface area contributed by atoms with E-state index in [4.69, 9.17) is 4.98 Å². The number of nitrogens with one attached hydrogen (secondary N) is 1. The highest BCUT2D eigenvalue weighted by molar-refractivity contribution is 5.73. The third-order valence-electron chi connectivity index (χ3n) is 5.81. The standard InChI is InChI=1S/C26H22FN3O/c27-23-11-5-4-9-20(23)22-15-18-16-28-26(29-24-12-6-1-7-17(24)13-14-31)30-25(18)21-10-3-2-8-19(21)22/h1-12,16,22,31H,13-15H2,(H,28,29,30)/t22-/m1/s1. The van der Waals surface area contributed by atoms with Crippen molar-refractivity contribution in [1.82, 2.24) is 9.97 Å². The molecule has 1 heterocycles. The molecular formula is C26H22FN3O. The molecule has 5 heteroatoms. The van der Waals surface area contributed by atoms with E-state index in [1.807, 2.05) is 60.8 Å². The Bertz CT molecular complexity index is 1240. The molecule has 0 bridgehead atoms. The van der Waals surface area contributed by atoms with E-state index in [-0.39, 0.29) is 18.3 Å². The molecule has 0 saturated heterocycles. The Balaban J connectivity index is 1.54. The lowest BCUT2D eigenvalue weighted by atomic mass is 9.78. The fraction of sp³-hybridized carbons (Fsp3) is 0.154. The number of aliphatic hydroxyl groups is 1. The van der Waals surface area contributed by atoms with Gasteiger partial charge in [0.2, 0.25) is 5.95 Å². The van der Waals surface area contributed by atoms with Crippen molar-refractivity contribution in [3.05, 3.63) is 107 Å². The van der Waals surface area contributed by atoms with Crippen molar-refractivity contribution in [3.8, 4) is 11.3 Å². The average Bonchev–Trinajstić information content (AvgIpc) is 2.81. The number of nitrogens with zero attached hydrogens (tertiary/aromatic N) is 2. The van der Waals surface area contributed by atoms with Gasteiger partial charge in [0.1, 0.15) is 5.82 Å². The summed E-state index contributed by atoms with van der Waals surface area (Å²) in [5.74, 6) is 0.242. The van der Waals surface area contributed by atoms with E-state index < -0.39 is 0 Å². The molecule has 0 spiro atoms. The van der Waals surface area contributed by atoms with E-state index in [1.54, 1.807) is 6.07 Å². The van der Waals surface area contributed by atoms with Gasteiger partial charge in [-0.05, 0) is 47.2 Å². The number of aromatic nitrogens is 2. The van der Waals surface area contributed by atoms with Crippen molar-refractivity contribution in [3.63, 3.8) is 0 Å². The Hall–Kier alpha value is -3.57. The molecule has 1 aliphatic rings. The van der Waals surface area contributed by atoms with E-state index >= 15 is 0 Å². The highest BCUT2D eigenvalue weighted by Crippen LogP contribution is 2.42. The first-order valence-electron chi connectivity index (χ1n) is 10.4. The van der Waals surface area contributed by atoms with Gasteiger partial charge in [0.25, 0.3) is 0 Å². The Kier molecular flexibility index (Phi) is 5.18. The first-order valence-corrected chi connectivity index (χ1v) is 10.4. The molecule has 0 fully saturated rings. The van der Waals surface area contributed by atoms with Crippen LogP contribution in [0.5, 0.6) is 0 Å². The molecule has 0 unspecified atom stereocenters. The molecule has 0 amide bonds. The van der Waals surface area contributed by atoms with E-state index in [2.05, 4.69) is 16.4 Å². The van der Waals surface area contributed by atoms with Gasteiger partial charge in [-0.25, -0.2) is 14.4 Å². The second-order valence-electron chi connectivity index (χ2n) is 7.69. The van der Waals surface area contributed by atoms with Gasteiger partial charge in [0.05, 0.1) is 5.69 Å². The SMILES string of the molecule is OCCc1ccccc1Nc1ncc2c(n1)-c1ccccc1[C@H](c1ccccc1F)C2. The van der Waals surface area contributed by atoms with Crippen LogP contribution in [0.3, 0.4) is 0 Å². The van der Waals surface area contributed by atoms with Crippen LogP contribution in [0.4, 0.5) is 16.0 Å². The molecule has 5 rings (SSSR count). The minimum absolute atomic E-state index is 0.0717. The molecule has 4 nitrogen and oxygen atoms in total. The predicted octanol–water partition coefficient (Wildman–Crippen LogP) is 5.25. The van der Waals surface area contributed by atoms with Crippen molar-refractivity contribution < 1.29 is 9.50 Å². The van der Waals surface area contributed by atoms with E-state index in [1.165, 1.54) is 6.07 Å². The van der Waals surface area contributed by atoms with Gasteiger partial charge >= 0.3 is 0 Å². The number of halogens is 1. The summed E-state index contributed by atoms with van der Waals surface area (Å²) in [6.07, 6.45) is 3.04. The molecule has 1 aromatic heterocycles. The van der Waals surface area contributed by atoms with Gasteiger partial charge in [-0.2, -0.15) is 0 Å². The monoisotopic (exact) mass is 411 g/mol. The van der Waals surface area contributed by atoms with Gasteiger partial charge in [0, 0.05) is 30.0 Å². The quantitative estimate of drug-likeness (QED) is 0.471. The van der Waals surface area contributed by atoms with E-state index in [0.717, 1.165) is 33.6 Å². The van der Waals surface area contributed by atoms with Crippen LogP contribution in [0.25, 0.3) is 11.3 Å². The van der Waals surface area contributed by atoms with Gasteiger partial charge in [-0.3, -0.25) is 0 Å². The van der Waals surface area contributed by atoms with Crippen LogP contribution in [0, 0.1) is 5.82 Å². The van der Waals surface area contributed by atoms with Crippen LogP contribution < -0.4 is 5.32 Å². The summed E-state index contributed by atoms with van der Waals surface area (Å²) in [6.45, 7) is 0.0779. The van der Waals surface area contributed by atoms with Crippen molar-refractivity contribution in [1.29, 1.82) is 0 Å². The third-order valence-corrected chi connectivity index (χ3v) is 5.81. The number of para-hydroxylation sites is 1. The summed E-state index contributed by atoms with van der Waals surface area (Å²) in [5.41, 5.74) is 6.54. The van der Waals surface area contributed by atoms with Gasteiger partial charge in [-0.15, -0.1) is 0 Å². The topological polar surface area (TPSA) is 58.0 Å². The number of aliphatic hydroxyl groups excluding tert-OH is 1. The number of anilines is 2. The Labute approximate surface area is 180 Å². The van der Waals surface area contributed by atoms with E-state index in [0.29, 0.717) is 24.4 Å². The lowest BCUT2D eigenvalue weighted by Gasteiger charge is -2.27. The molecule has 1 aliphatic carbocycles. The predicted molar refractivity (Wildman–Crippen MR) is 120 cm³/mol. The molecular weight excluding hydrogens is 389 g/mol. The lowest BCUT2D eigenvalue weighted by Crippen LogP contribution is -2.16. The zero-order valence-corrected chi connectivity index (χ0v) is 16.9. The Morgan fingerprint density at radius 3 is 2.52 bits per heavy atom. The Morgan fingerprint density at radius 2 is 1.68 bits per heavy atom. The second kappa shape index (κ2) is 8.28. The van der Waals surface area contributed by atoms with Crippen molar-refractivity contribution in [2.75, 3.05) is 11.9 Å². The van der Waals surface area contributed by atoms with Crippen LogP contribution in [0.2, 0.25) is 0 Å². The number of hydrogen-bond donors (Lipinski definition) is 2. The molecule has 31 heavy (non-hydrogen) atoms. The summed E-state index contributed by atoms with van der Waals surface area (Å²) in [5, 5.41) is 12.6. The number of benzene rings is 3. The summed E-state index contributed by atoms with van der Waals surface area (Å²) < 4.78 is 14.6. The fourth-order valence-corrected chi connectivity index (χ4v) is 4.33. The zero-order chi connectivity index (χ0) is 21.2. The lowest BCUT2D eigenvalue weighted by molar-refractivity contribution is 0.300. The smallest absolute Gasteiger partial charge is 0.227 e.